The molecule has 2 rings (SSSR count). The molecular formula is C13H15ClFN3O. The molecule has 0 spiro atoms. The Labute approximate surface area is 115 Å². The van der Waals surface area contributed by atoms with E-state index in [1.807, 2.05) is 0 Å². The molecule has 1 unspecified atom stereocenters. The van der Waals surface area contributed by atoms with Crippen molar-refractivity contribution in [3.05, 3.63) is 29.8 Å². The number of carbonyl (C=O) groups excluding carboxylic acids is 1. The lowest BCUT2D eigenvalue weighted by molar-refractivity contribution is -0.131. The van der Waals surface area contributed by atoms with Crippen LogP contribution in [-0.2, 0) is 10.7 Å². The fourth-order valence-electron chi connectivity index (χ4n) is 2.14. The quantitative estimate of drug-likeness (QED) is 0.812. The fraction of sp³-hybridized carbons (Fsp3) is 0.385. The molecule has 0 radical (unpaired) electrons. The van der Waals surface area contributed by atoms with E-state index in [-0.39, 0.29) is 17.3 Å². The molecule has 102 valence electrons. The van der Waals surface area contributed by atoms with Crippen LogP contribution in [0.25, 0.3) is 11.0 Å². The molecule has 1 atom stereocenters. The number of fused-ring (bicyclic) bond motifs is 1. The minimum atomic E-state index is -0.476. The number of likely N-dealkylation sites (N-methyl/N-ethyl adjacent to an activating group) is 1. The Bertz CT molecular complexity index is 624. The first-order valence-electron chi connectivity index (χ1n) is 5.89. The molecule has 0 bridgehead atoms. The zero-order valence-electron chi connectivity index (χ0n) is 11.0. The predicted molar refractivity (Wildman–Crippen MR) is 72.7 cm³/mol. The lowest BCUT2D eigenvalue weighted by Gasteiger charge is -2.20. The van der Waals surface area contributed by atoms with Gasteiger partial charge in [-0.3, -0.25) is 4.79 Å². The summed E-state index contributed by atoms with van der Waals surface area (Å²) in [6, 6.07) is 4.20. The lowest BCUT2D eigenvalue weighted by atomic mass is 10.2. The smallest absolute Gasteiger partial charge is 0.244 e. The van der Waals surface area contributed by atoms with Crippen LogP contribution < -0.4 is 0 Å². The highest BCUT2D eigenvalue weighted by atomic mass is 35.5. The van der Waals surface area contributed by atoms with Crippen molar-refractivity contribution >= 4 is 28.5 Å². The Kier molecular flexibility index (Phi) is 3.75. The molecule has 4 nitrogen and oxygen atoms in total. The van der Waals surface area contributed by atoms with Gasteiger partial charge >= 0.3 is 0 Å². The van der Waals surface area contributed by atoms with Gasteiger partial charge in [-0.15, -0.1) is 11.6 Å². The zero-order chi connectivity index (χ0) is 14.2. The summed E-state index contributed by atoms with van der Waals surface area (Å²) in [5, 5.41) is 0. The highest BCUT2D eigenvalue weighted by Gasteiger charge is 2.23. The molecule has 0 aliphatic carbocycles. The molecule has 6 heteroatoms. The van der Waals surface area contributed by atoms with E-state index < -0.39 is 11.9 Å². The van der Waals surface area contributed by atoms with Gasteiger partial charge < -0.3 is 9.47 Å². The topological polar surface area (TPSA) is 38.1 Å². The molecule has 1 aromatic carbocycles. The van der Waals surface area contributed by atoms with Gasteiger partial charge in [0.05, 0.1) is 11.4 Å². The van der Waals surface area contributed by atoms with Crippen molar-refractivity contribution in [1.82, 2.24) is 14.5 Å². The van der Waals surface area contributed by atoms with E-state index in [4.69, 9.17) is 11.6 Å². The number of aromatic nitrogens is 2. The maximum atomic E-state index is 13.7. The van der Waals surface area contributed by atoms with Crippen LogP contribution in [0.1, 0.15) is 18.8 Å². The molecule has 0 saturated carbocycles. The Morgan fingerprint density at radius 3 is 2.79 bits per heavy atom. The van der Waals surface area contributed by atoms with Crippen LogP contribution in [0.5, 0.6) is 0 Å². The normalized spacial score (nSPS) is 12.7. The first-order chi connectivity index (χ1) is 8.97. The van der Waals surface area contributed by atoms with Gasteiger partial charge in [0.1, 0.15) is 17.4 Å². The van der Waals surface area contributed by atoms with Crippen molar-refractivity contribution in [2.75, 3.05) is 14.1 Å². The van der Waals surface area contributed by atoms with Crippen molar-refractivity contribution in [3.8, 4) is 0 Å². The Morgan fingerprint density at radius 1 is 1.53 bits per heavy atom. The van der Waals surface area contributed by atoms with Crippen LogP contribution in [-0.4, -0.2) is 34.5 Å². The summed E-state index contributed by atoms with van der Waals surface area (Å²) in [6.45, 7) is 1.75. The molecule has 0 aliphatic rings. The van der Waals surface area contributed by atoms with E-state index in [0.717, 1.165) is 0 Å². The van der Waals surface area contributed by atoms with E-state index in [2.05, 4.69) is 4.98 Å². The third-order valence-corrected chi connectivity index (χ3v) is 3.29. The zero-order valence-corrected chi connectivity index (χ0v) is 11.8. The fourth-order valence-corrected chi connectivity index (χ4v) is 2.33. The van der Waals surface area contributed by atoms with E-state index >= 15 is 0 Å². The molecule has 0 N–H and O–H groups in total. The van der Waals surface area contributed by atoms with E-state index in [9.17, 15) is 9.18 Å². The van der Waals surface area contributed by atoms with Crippen molar-refractivity contribution in [1.29, 1.82) is 0 Å². The van der Waals surface area contributed by atoms with Gasteiger partial charge in [-0.2, -0.15) is 0 Å². The molecule has 0 saturated heterocycles. The largest absolute Gasteiger partial charge is 0.347 e. The summed E-state index contributed by atoms with van der Waals surface area (Å²) in [7, 11) is 3.36. The number of para-hydroxylation sites is 1. The average Bonchev–Trinajstić information content (AvgIpc) is 2.76. The summed E-state index contributed by atoms with van der Waals surface area (Å²) in [5.41, 5.74) is 0.829. The first-order valence-corrected chi connectivity index (χ1v) is 6.43. The average molecular weight is 284 g/mol. The van der Waals surface area contributed by atoms with Crippen molar-refractivity contribution in [3.63, 3.8) is 0 Å². The van der Waals surface area contributed by atoms with Crippen molar-refractivity contribution < 1.29 is 9.18 Å². The van der Waals surface area contributed by atoms with Crippen LogP contribution in [0.15, 0.2) is 18.2 Å². The van der Waals surface area contributed by atoms with Gasteiger partial charge in [-0.25, -0.2) is 9.37 Å². The summed E-state index contributed by atoms with van der Waals surface area (Å²) in [6.07, 6.45) is 0. The number of nitrogens with zero attached hydrogens (tertiary/aromatic N) is 3. The number of hydrogen-bond acceptors (Lipinski definition) is 2. The molecule has 2 aromatic rings. The number of rotatable bonds is 3. The monoisotopic (exact) mass is 283 g/mol. The SMILES string of the molecule is CC(C(=O)N(C)C)n1c(CCl)nc2c(F)cccc21. The first kappa shape index (κ1) is 13.8. The number of amides is 1. The Balaban J connectivity index is 2.64. The van der Waals surface area contributed by atoms with Crippen LogP contribution in [0.2, 0.25) is 0 Å². The predicted octanol–water partition coefficient (Wildman–Crippen LogP) is 2.56. The number of carbonyl (C=O) groups is 1. The lowest BCUT2D eigenvalue weighted by Crippen LogP contribution is -2.30. The summed E-state index contributed by atoms with van der Waals surface area (Å²) >= 11 is 5.85. The number of halogens is 2. The van der Waals surface area contributed by atoms with Crippen LogP contribution >= 0.6 is 11.6 Å². The van der Waals surface area contributed by atoms with Crippen LogP contribution in [0, 0.1) is 5.82 Å². The molecule has 1 aromatic heterocycles. The number of alkyl halides is 1. The number of benzene rings is 1. The second-order valence-electron chi connectivity index (χ2n) is 4.55. The van der Waals surface area contributed by atoms with Crippen molar-refractivity contribution in [2.45, 2.75) is 18.8 Å². The molecule has 1 heterocycles. The molecule has 0 fully saturated rings. The van der Waals surface area contributed by atoms with Crippen LogP contribution in [0.3, 0.4) is 0 Å². The van der Waals surface area contributed by atoms with E-state index in [1.54, 1.807) is 37.7 Å². The summed E-state index contributed by atoms with van der Waals surface area (Å²) in [5.74, 6) is 0.116. The van der Waals surface area contributed by atoms with Gasteiger partial charge in [0, 0.05) is 14.1 Å². The second-order valence-corrected chi connectivity index (χ2v) is 4.82. The molecule has 19 heavy (non-hydrogen) atoms. The van der Waals surface area contributed by atoms with Crippen molar-refractivity contribution in [2.24, 2.45) is 0 Å². The van der Waals surface area contributed by atoms with Gasteiger partial charge in [-0.1, -0.05) is 6.07 Å². The number of hydrogen-bond donors (Lipinski definition) is 0. The van der Waals surface area contributed by atoms with E-state index in [1.165, 1.54) is 11.0 Å². The third-order valence-electron chi connectivity index (χ3n) is 3.05. The Morgan fingerprint density at radius 2 is 2.21 bits per heavy atom. The minimum absolute atomic E-state index is 0.0880. The maximum absolute atomic E-state index is 13.7. The molecule has 0 aliphatic heterocycles. The standard InChI is InChI=1S/C13H15ClFN3O/c1-8(13(19)17(2)3)18-10-6-4-5-9(15)12(10)16-11(18)7-14/h4-6,8H,7H2,1-3H3. The third kappa shape index (κ3) is 2.30. The minimum Gasteiger partial charge on any atom is -0.347 e. The van der Waals surface area contributed by atoms with Gasteiger partial charge in [-0.05, 0) is 19.1 Å². The number of imidazole rings is 1. The molecule has 1 amide bonds. The highest BCUT2D eigenvalue weighted by molar-refractivity contribution is 6.17. The summed E-state index contributed by atoms with van der Waals surface area (Å²) in [4.78, 5) is 17.8. The van der Waals surface area contributed by atoms with Gasteiger partial charge in [0.15, 0.2) is 5.82 Å². The summed E-state index contributed by atoms with van der Waals surface area (Å²) < 4.78 is 15.4. The second kappa shape index (κ2) is 5.17. The van der Waals surface area contributed by atoms with Gasteiger partial charge in [0.25, 0.3) is 0 Å². The Hall–Kier alpha value is -1.62. The molecular weight excluding hydrogens is 269 g/mol. The van der Waals surface area contributed by atoms with E-state index in [0.29, 0.717) is 11.3 Å². The van der Waals surface area contributed by atoms with Gasteiger partial charge in [0.2, 0.25) is 5.91 Å². The highest BCUT2D eigenvalue weighted by Crippen LogP contribution is 2.25. The van der Waals surface area contributed by atoms with Crippen LogP contribution in [0.4, 0.5) is 4.39 Å². The maximum Gasteiger partial charge on any atom is 0.244 e.